The summed E-state index contributed by atoms with van der Waals surface area (Å²) < 4.78 is 30.1. The fraction of sp³-hybridized carbons (Fsp3) is 0.564. The number of hydrogen-bond acceptors (Lipinski definition) is 12. The number of aliphatic hydroxyl groups is 2. The quantitative estimate of drug-likeness (QED) is 0.303. The predicted octanol–water partition coefficient (Wildman–Crippen LogP) is 3.38. The van der Waals surface area contributed by atoms with Gasteiger partial charge in [-0.1, -0.05) is 62.4 Å². The van der Waals surface area contributed by atoms with Gasteiger partial charge in [0.1, 0.15) is 23.9 Å². The summed E-state index contributed by atoms with van der Waals surface area (Å²) >= 11 is 0. The zero-order valence-electron chi connectivity index (χ0n) is 29.5. The van der Waals surface area contributed by atoms with E-state index in [0.717, 1.165) is 12.5 Å². The lowest BCUT2D eigenvalue weighted by Gasteiger charge is -2.67. The molecule has 1 saturated heterocycles. The first-order valence-corrected chi connectivity index (χ1v) is 17.6. The molecule has 3 aliphatic carbocycles. The number of Topliss-reactive ketones (excluding diaryl/α,β-unsaturated/α-hetero) is 1. The van der Waals surface area contributed by atoms with E-state index in [1.807, 2.05) is 30.3 Å². The molecule has 274 valence electrons. The normalized spacial score (nSPS) is 38.3. The minimum absolute atomic E-state index is 0.0338. The monoisotopic (exact) mass is 706 g/mol. The van der Waals surface area contributed by atoms with Crippen LogP contribution in [0.4, 0.5) is 0 Å². The summed E-state index contributed by atoms with van der Waals surface area (Å²) in [6.45, 7) is 7.07. The Bertz CT molecular complexity index is 1660. The maximum Gasteiger partial charge on any atom is 0.338 e. The minimum Gasteiger partial charge on any atom is -0.462 e. The number of benzene rings is 2. The van der Waals surface area contributed by atoms with E-state index in [1.165, 1.54) is 26.0 Å². The van der Waals surface area contributed by atoms with Gasteiger partial charge in [-0.05, 0) is 37.0 Å². The largest absolute Gasteiger partial charge is 0.462 e. The van der Waals surface area contributed by atoms with E-state index >= 15 is 4.79 Å². The number of ketones is 1. The zero-order valence-corrected chi connectivity index (χ0v) is 29.5. The van der Waals surface area contributed by atoms with E-state index < -0.39 is 100 Å². The Hall–Kier alpha value is -4.13. The number of hydrogen-bond donors (Lipinski definition) is 2. The first-order chi connectivity index (χ1) is 24.1. The molecule has 2 aromatic rings. The highest BCUT2D eigenvalue weighted by Crippen LogP contribution is 2.62. The van der Waals surface area contributed by atoms with Gasteiger partial charge in [-0.25, -0.2) is 4.79 Å². The third-order valence-electron chi connectivity index (χ3n) is 12.0. The van der Waals surface area contributed by atoms with Gasteiger partial charge < -0.3 is 33.9 Å². The summed E-state index contributed by atoms with van der Waals surface area (Å²) in [5.74, 6) is -7.41. The number of fused-ring (bicyclic) bond motifs is 5. The molecule has 3 unspecified atom stereocenters. The van der Waals surface area contributed by atoms with Crippen LogP contribution in [0.5, 0.6) is 0 Å². The van der Waals surface area contributed by atoms with Crippen molar-refractivity contribution in [1.82, 2.24) is 0 Å². The molecule has 12 atom stereocenters. The van der Waals surface area contributed by atoms with Gasteiger partial charge in [-0.2, -0.15) is 0 Å². The average molecular weight is 707 g/mol. The lowest BCUT2D eigenvalue weighted by molar-refractivity contribution is -0.349. The van der Waals surface area contributed by atoms with Gasteiger partial charge in [-0.3, -0.25) is 19.2 Å². The first-order valence-electron chi connectivity index (χ1n) is 17.6. The van der Waals surface area contributed by atoms with Crippen LogP contribution < -0.4 is 0 Å². The lowest BCUT2D eigenvalue weighted by Crippen LogP contribution is -2.82. The number of carbonyl (C=O) groups excluding carboxylic acids is 5. The Labute approximate surface area is 296 Å². The average Bonchev–Trinajstić information content (AvgIpc) is 3.09. The second kappa shape index (κ2) is 13.8. The molecule has 3 saturated carbocycles. The minimum atomic E-state index is -2.07. The Balaban J connectivity index is 1.50. The molecule has 12 nitrogen and oxygen atoms in total. The Morgan fingerprint density at radius 2 is 1.57 bits per heavy atom. The molecular weight excluding hydrogens is 660 g/mol. The van der Waals surface area contributed by atoms with Gasteiger partial charge >= 0.3 is 23.9 Å². The van der Waals surface area contributed by atoms with Crippen molar-refractivity contribution in [2.24, 2.45) is 29.1 Å². The van der Waals surface area contributed by atoms with Crippen LogP contribution in [0.2, 0.25) is 0 Å². The molecule has 1 aliphatic heterocycles. The van der Waals surface area contributed by atoms with Gasteiger partial charge in [0.15, 0.2) is 17.5 Å². The number of ether oxygens (including phenoxy) is 5. The van der Waals surface area contributed by atoms with Crippen molar-refractivity contribution in [3.05, 3.63) is 71.8 Å². The van der Waals surface area contributed by atoms with E-state index in [1.54, 1.807) is 32.0 Å². The molecule has 2 aromatic carbocycles. The van der Waals surface area contributed by atoms with Crippen LogP contribution in [0.3, 0.4) is 0 Å². The fourth-order valence-corrected chi connectivity index (χ4v) is 9.32. The van der Waals surface area contributed by atoms with Crippen LogP contribution in [0.25, 0.3) is 0 Å². The molecular formula is C39H46O12. The molecule has 6 rings (SSSR count). The van der Waals surface area contributed by atoms with Gasteiger partial charge in [-0.15, -0.1) is 0 Å². The smallest absolute Gasteiger partial charge is 0.338 e. The summed E-state index contributed by atoms with van der Waals surface area (Å²) in [6, 6.07) is 17.5. The van der Waals surface area contributed by atoms with Crippen LogP contribution in [-0.4, -0.2) is 88.2 Å². The van der Waals surface area contributed by atoms with Crippen LogP contribution in [0, 0.1) is 29.1 Å². The van der Waals surface area contributed by atoms with Crippen LogP contribution in [-0.2, 0) is 49.3 Å². The standard InChI is InChI=1S/C39H46O12/c1-21-27(49-30(43)17-16-25-12-8-6-9-13-25)19-38(46)22(2)31(21)32(48-23(3)40)34(44)37(5)28(42)18-29-39(20-47-29,51-24(4)41)33(37)35(38)50-36(45)26-14-10-7-11-15-26/h6-15,21-22,27-29,31-33,35,42,46H,16-20H2,1-5H3/t21?,22-,27-,28-,29+,31?,32+,33?,35-,37+,38-,39-/m0/s1. The lowest BCUT2D eigenvalue weighted by atomic mass is 9.45. The number of rotatable bonds is 8. The van der Waals surface area contributed by atoms with Crippen molar-refractivity contribution in [2.45, 2.75) is 102 Å². The summed E-state index contributed by atoms with van der Waals surface area (Å²) in [5.41, 5.74) is -4.49. The van der Waals surface area contributed by atoms with E-state index in [2.05, 4.69) is 0 Å². The molecule has 2 bridgehead atoms. The second-order valence-electron chi connectivity index (χ2n) is 14.9. The van der Waals surface area contributed by atoms with Gasteiger partial charge in [0.2, 0.25) is 0 Å². The third-order valence-corrected chi connectivity index (χ3v) is 12.0. The van der Waals surface area contributed by atoms with Gasteiger partial charge in [0.25, 0.3) is 0 Å². The third kappa shape index (κ3) is 6.25. The van der Waals surface area contributed by atoms with Crippen molar-refractivity contribution in [1.29, 1.82) is 0 Å². The molecule has 0 amide bonds. The van der Waals surface area contributed by atoms with Crippen LogP contribution >= 0.6 is 0 Å². The summed E-state index contributed by atoms with van der Waals surface area (Å²) in [7, 11) is 0. The second-order valence-corrected chi connectivity index (χ2v) is 14.9. The molecule has 0 radical (unpaired) electrons. The molecule has 4 aliphatic rings. The SMILES string of the molecule is CC(=O)O[C@H]1C(=O)[C@@]2(C)C([C@H](OC(=O)c3ccccc3)[C@]3(O)C[C@H](OC(=O)CCc4ccccc4)C(C)C1[C@@H]3C)[C@]1(OC(C)=O)CO[C@@H]1C[C@@H]2O. The zero-order chi connectivity index (χ0) is 36.9. The molecule has 1 heterocycles. The number of esters is 4. The first kappa shape index (κ1) is 36.7. The van der Waals surface area contributed by atoms with Gasteiger partial charge in [0.05, 0.1) is 29.6 Å². The summed E-state index contributed by atoms with van der Waals surface area (Å²) in [4.78, 5) is 68.0. The highest BCUT2D eigenvalue weighted by Gasteiger charge is 2.77. The molecule has 51 heavy (non-hydrogen) atoms. The molecule has 0 aromatic heterocycles. The molecule has 4 fully saturated rings. The highest BCUT2D eigenvalue weighted by atomic mass is 16.6. The van der Waals surface area contributed by atoms with E-state index in [-0.39, 0.29) is 31.4 Å². The highest BCUT2D eigenvalue weighted by molar-refractivity contribution is 5.93. The van der Waals surface area contributed by atoms with Crippen molar-refractivity contribution >= 4 is 29.7 Å². The maximum atomic E-state index is 15.1. The maximum absolute atomic E-state index is 15.1. The topological polar surface area (TPSA) is 172 Å². The Morgan fingerprint density at radius 1 is 0.922 bits per heavy atom. The molecule has 0 spiro atoms. The fourth-order valence-electron chi connectivity index (χ4n) is 9.32. The van der Waals surface area contributed by atoms with Crippen molar-refractivity contribution in [3.63, 3.8) is 0 Å². The number of aliphatic hydroxyl groups excluding tert-OH is 1. The summed E-state index contributed by atoms with van der Waals surface area (Å²) in [6.07, 6.45) is -6.39. The Morgan fingerprint density at radius 3 is 2.16 bits per heavy atom. The van der Waals surface area contributed by atoms with Crippen molar-refractivity contribution in [2.75, 3.05) is 6.61 Å². The molecule has 12 heteroatoms. The molecule has 2 N–H and O–H groups in total. The Kier molecular flexibility index (Phi) is 9.90. The van der Waals surface area contributed by atoms with Crippen LogP contribution in [0.15, 0.2) is 60.7 Å². The van der Waals surface area contributed by atoms with Crippen molar-refractivity contribution < 1.29 is 57.9 Å². The number of aryl methyl sites for hydroxylation is 1. The summed E-state index contributed by atoms with van der Waals surface area (Å²) in [5, 5.41) is 25.1. The van der Waals surface area contributed by atoms with Crippen LogP contribution in [0.1, 0.15) is 69.8 Å². The van der Waals surface area contributed by atoms with E-state index in [9.17, 15) is 29.4 Å². The predicted molar refractivity (Wildman–Crippen MR) is 179 cm³/mol. The van der Waals surface area contributed by atoms with E-state index in [4.69, 9.17) is 23.7 Å². The van der Waals surface area contributed by atoms with E-state index in [0.29, 0.717) is 6.42 Å². The van der Waals surface area contributed by atoms with Crippen molar-refractivity contribution in [3.8, 4) is 0 Å². The number of carbonyl (C=O) groups is 5. The van der Waals surface area contributed by atoms with Gasteiger partial charge in [0, 0.05) is 44.9 Å².